The minimum absolute atomic E-state index is 0.148. The van der Waals surface area contributed by atoms with Gasteiger partial charge in [-0.1, -0.05) is 24.3 Å². The summed E-state index contributed by atoms with van der Waals surface area (Å²) in [5.74, 6) is 0.501. The number of benzene rings is 1. The molecule has 1 fully saturated rings. The largest absolute Gasteiger partial charge is 0.338 e. The van der Waals surface area contributed by atoms with Gasteiger partial charge in [0.25, 0.3) is 0 Å². The summed E-state index contributed by atoms with van der Waals surface area (Å²) in [6, 6.07) is 9.08. The Kier molecular flexibility index (Phi) is 5.02. The van der Waals surface area contributed by atoms with E-state index in [2.05, 4.69) is 60.1 Å². The minimum Gasteiger partial charge on any atom is -0.338 e. The summed E-state index contributed by atoms with van der Waals surface area (Å²) in [5.41, 5.74) is 2.72. The lowest BCUT2D eigenvalue weighted by atomic mass is 9.96. The number of nitrogens with zero attached hydrogens (tertiary/aromatic N) is 3. The fourth-order valence-corrected chi connectivity index (χ4v) is 3.95. The summed E-state index contributed by atoms with van der Waals surface area (Å²) in [5, 5.41) is 0. The van der Waals surface area contributed by atoms with Crippen molar-refractivity contribution in [2.75, 3.05) is 40.8 Å². The number of hydrogen-bond acceptors (Lipinski definition) is 3. The number of carbonyl (C=O) groups excluding carboxylic acids is 1. The first-order valence-electron chi connectivity index (χ1n) is 8.75. The van der Waals surface area contributed by atoms with Crippen LogP contribution >= 0.6 is 0 Å². The molecule has 1 amide bonds. The molecule has 1 aromatic carbocycles. The van der Waals surface area contributed by atoms with Crippen LogP contribution in [0.2, 0.25) is 0 Å². The molecule has 2 atom stereocenters. The summed E-state index contributed by atoms with van der Waals surface area (Å²) >= 11 is 0. The Balaban J connectivity index is 1.66. The fourth-order valence-electron chi connectivity index (χ4n) is 3.95. The highest BCUT2D eigenvalue weighted by Crippen LogP contribution is 2.24. The van der Waals surface area contributed by atoms with Gasteiger partial charge in [0.15, 0.2) is 0 Å². The Morgan fingerprint density at radius 3 is 2.61 bits per heavy atom. The molecule has 3 rings (SSSR count). The van der Waals surface area contributed by atoms with Crippen LogP contribution in [0.15, 0.2) is 24.3 Å². The van der Waals surface area contributed by atoms with E-state index in [0.717, 1.165) is 45.4 Å². The van der Waals surface area contributed by atoms with Gasteiger partial charge in [0.1, 0.15) is 0 Å². The van der Waals surface area contributed by atoms with Crippen LogP contribution < -0.4 is 0 Å². The van der Waals surface area contributed by atoms with Gasteiger partial charge in [-0.2, -0.15) is 0 Å². The maximum atomic E-state index is 13.0. The molecule has 4 nitrogen and oxygen atoms in total. The molecule has 2 aliphatic heterocycles. The molecule has 23 heavy (non-hydrogen) atoms. The van der Waals surface area contributed by atoms with E-state index in [9.17, 15) is 4.79 Å². The summed E-state index contributed by atoms with van der Waals surface area (Å²) in [7, 11) is 6.43. The number of rotatable bonds is 2. The molecule has 0 aliphatic carbocycles. The molecule has 0 unspecified atom stereocenters. The topological polar surface area (TPSA) is 26.8 Å². The Morgan fingerprint density at radius 2 is 1.87 bits per heavy atom. The second kappa shape index (κ2) is 7.02. The summed E-state index contributed by atoms with van der Waals surface area (Å²) in [6.07, 6.45) is 3.10. The van der Waals surface area contributed by atoms with E-state index in [0.29, 0.717) is 11.9 Å². The summed E-state index contributed by atoms with van der Waals surface area (Å²) < 4.78 is 0. The lowest BCUT2D eigenvalue weighted by molar-refractivity contribution is -0.137. The van der Waals surface area contributed by atoms with Gasteiger partial charge in [-0.3, -0.25) is 4.79 Å². The SMILES string of the molecule is CN1C[C@H](C(=O)N2CCc3ccccc3C2)CC[C@H](N(C)C)C1. The minimum atomic E-state index is 0.148. The third-order valence-electron chi connectivity index (χ3n) is 5.42. The fraction of sp³-hybridized carbons (Fsp3) is 0.632. The highest BCUT2D eigenvalue weighted by molar-refractivity contribution is 5.79. The van der Waals surface area contributed by atoms with Crippen molar-refractivity contribution in [1.82, 2.24) is 14.7 Å². The van der Waals surface area contributed by atoms with Gasteiger partial charge >= 0.3 is 0 Å². The molecule has 1 saturated heterocycles. The van der Waals surface area contributed by atoms with E-state index in [1.807, 2.05) is 0 Å². The van der Waals surface area contributed by atoms with Crippen molar-refractivity contribution in [1.29, 1.82) is 0 Å². The normalized spacial score (nSPS) is 26.0. The van der Waals surface area contributed by atoms with Crippen LogP contribution in [-0.4, -0.2) is 67.4 Å². The van der Waals surface area contributed by atoms with Gasteiger partial charge in [-0.25, -0.2) is 0 Å². The number of amides is 1. The molecule has 0 spiro atoms. The number of carbonyl (C=O) groups is 1. The average Bonchev–Trinajstić information content (AvgIpc) is 2.75. The zero-order valence-corrected chi connectivity index (χ0v) is 14.7. The van der Waals surface area contributed by atoms with E-state index in [1.54, 1.807) is 0 Å². The lowest BCUT2D eigenvalue weighted by Gasteiger charge is -2.32. The van der Waals surface area contributed by atoms with Gasteiger partial charge in [-0.05, 0) is 51.5 Å². The maximum Gasteiger partial charge on any atom is 0.227 e. The van der Waals surface area contributed by atoms with Crippen molar-refractivity contribution in [2.45, 2.75) is 31.8 Å². The van der Waals surface area contributed by atoms with Crippen molar-refractivity contribution >= 4 is 5.91 Å². The van der Waals surface area contributed by atoms with Crippen molar-refractivity contribution in [2.24, 2.45) is 5.92 Å². The van der Waals surface area contributed by atoms with Gasteiger partial charge < -0.3 is 14.7 Å². The molecule has 0 radical (unpaired) electrons. The molecular formula is C19H29N3O. The molecule has 0 aromatic heterocycles. The van der Waals surface area contributed by atoms with Gasteiger partial charge in [0.05, 0.1) is 5.92 Å². The van der Waals surface area contributed by atoms with Crippen LogP contribution in [-0.2, 0) is 17.8 Å². The predicted molar refractivity (Wildman–Crippen MR) is 93.3 cm³/mol. The Hall–Kier alpha value is -1.39. The third kappa shape index (κ3) is 3.75. The second-order valence-electron chi connectivity index (χ2n) is 7.39. The molecular weight excluding hydrogens is 286 g/mol. The smallest absolute Gasteiger partial charge is 0.227 e. The molecule has 2 aliphatic rings. The predicted octanol–water partition coefficient (Wildman–Crippen LogP) is 1.84. The Morgan fingerprint density at radius 1 is 1.13 bits per heavy atom. The lowest BCUT2D eigenvalue weighted by Crippen LogP contribution is -2.42. The molecule has 2 heterocycles. The van der Waals surface area contributed by atoms with Crippen molar-refractivity contribution in [3.63, 3.8) is 0 Å². The van der Waals surface area contributed by atoms with E-state index >= 15 is 0 Å². The Labute approximate surface area is 140 Å². The van der Waals surface area contributed by atoms with E-state index < -0.39 is 0 Å². The van der Waals surface area contributed by atoms with Crippen molar-refractivity contribution in [3.8, 4) is 0 Å². The third-order valence-corrected chi connectivity index (χ3v) is 5.42. The first kappa shape index (κ1) is 16.5. The molecule has 4 heteroatoms. The Bertz CT molecular complexity index is 557. The van der Waals surface area contributed by atoms with Crippen LogP contribution in [0.5, 0.6) is 0 Å². The number of hydrogen-bond donors (Lipinski definition) is 0. The van der Waals surface area contributed by atoms with E-state index in [4.69, 9.17) is 0 Å². The van der Waals surface area contributed by atoms with Crippen LogP contribution in [0.3, 0.4) is 0 Å². The van der Waals surface area contributed by atoms with Crippen LogP contribution in [0, 0.1) is 5.92 Å². The summed E-state index contributed by atoms with van der Waals surface area (Å²) in [4.78, 5) is 19.7. The first-order valence-corrected chi connectivity index (χ1v) is 8.75. The van der Waals surface area contributed by atoms with Crippen molar-refractivity contribution < 1.29 is 4.79 Å². The zero-order valence-electron chi connectivity index (χ0n) is 14.7. The standard InChI is InChI=1S/C19H29N3O/c1-20(2)18-9-8-17(12-21(3)14-18)19(23)22-11-10-15-6-4-5-7-16(15)13-22/h4-7,17-18H,8-14H2,1-3H3/t17-,18+/m1/s1. The number of likely N-dealkylation sites (tertiary alicyclic amines) is 1. The molecule has 0 N–H and O–H groups in total. The highest BCUT2D eigenvalue weighted by Gasteiger charge is 2.31. The second-order valence-corrected chi connectivity index (χ2v) is 7.39. The average molecular weight is 315 g/mol. The molecule has 1 aromatic rings. The molecule has 0 bridgehead atoms. The monoisotopic (exact) mass is 315 g/mol. The quantitative estimate of drug-likeness (QED) is 0.833. The molecule has 0 saturated carbocycles. The van der Waals surface area contributed by atoms with Gasteiger partial charge in [-0.15, -0.1) is 0 Å². The number of likely N-dealkylation sites (N-methyl/N-ethyl adjacent to an activating group) is 2. The van der Waals surface area contributed by atoms with Crippen LogP contribution in [0.4, 0.5) is 0 Å². The van der Waals surface area contributed by atoms with Crippen LogP contribution in [0.25, 0.3) is 0 Å². The highest BCUT2D eigenvalue weighted by atomic mass is 16.2. The number of fused-ring (bicyclic) bond motifs is 1. The van der Waals surface area contributed by atoms with E-state index in [1.165, 1.54) is 11.1 Å². The van der Waals surface area contributed by atoms with Crippen molar-refractivity contribution in [3.05, 3.63) is 35.4 Å². The van der Waals surface area contributed by atoms with E-state index in [-0.39, 0.29) is 5.92 Å². The van der Waals surface area contributed by atoms with Gasteiger partial charge in [0.2, 0.25) is 5.91 Å². The van der Waals surface area contributed by atoms with Crippen LogP contribution in [0.1, 0.15) is 24.0 Å². The maximum absolute atomic E-state index is 13.0. The zero-order chi connectivity index (χ0) is 16.4. The first-order chi connectivity index (χ1) is 11.0. The molecule has 126 valence electrons. The summed E-state index contributed by atoms with van der Waals surface area (Å²) in [6.45, 7) is 3.60. The van der Waals surface area contributed by atoms with Gasteiger partial charge in [0, 0.05) is 32.2 Å².